The zero-order chi connectivity index (χ0) is 16.2. The monoisotopic (exact) mass is 349 g/mol. The van der Waals surface area contributed by atoms with Crippen molar-refractivity contribution < 1.29 is 9.59 Å². The van der Waals surface area contributed by atoms with Crippen LogP contribution in [-0.4, -0.2) is 31.4 Å². The van der Waals surface area contributed by atoms with Crippen molar-refractivity contribution in [3.05, 3.63) is 41.5 Å². The second-order valence-corrected chi connectivity index (χ2v) is 6.39. The minimum absolute atomic E-state index is 0. The molecule has 0 spiro atoms. The number of rotatable bonds is 5. The van der Waals surface area contributed by atoms with Crippen LogP contribution in [0.25, 0.3) is 0 Å². The molecule has 6 heteroatoms. The normalized spacial score (nSPS) is 22.0. The van der Waals surface area contributed by atoms with E-state index in [9.17, 15) is 9.59 Å². The third-order valence-electron chi connectivity index (χ3n) is 4.49. The molecule has 1 heterocycles. The van der Waals surface area contributed by atoms with Crippen LogP contribution in [0, 0.1) is 11.8 Å². The lowest BCUT2D eigenvalue weighted by Crippen LogP contribution is -2.29. The van der Waals surface area contributed by atoms with Crippen molar-refractivity contribution in [1.82, 2.24) is 10.6 Å². The highest BCUT2D eigenvalue weighted by molar-refractivity contribution is 5.97. The Morgan fingerprint density at radius 2 is 1.96 bits per heavy atom. The highest BCUT2D eigenvalue weighted by Crippen LogP contribution is 2.38. The van der Waals surface area contributed by atoms with Crippen molar-refractivity contribution in [2.24, 2.45) is 11.8 Å². The van der Waals surface area contributed by atoms with E-state index < -0.39 is 0 Å². The fourth-order valence-corrected chi connectivity index (χ4v) is 2.75. The number of halogens is 1. The summed E-state index contributed by atoms with van der Waals surface area (Å²) >= 11 is 0. The summed E-state index contributed by atoms with van der Waals surface area (Å²) in [5, 5.41) is 9.09. The van der Waals surface area contributed by atoms with Crippen molar-refractivity contribution in [3.63, 3.8) is 0 Å². The number of hydrogen-bond acceptors (Lipinski definition) is 3. The molecule has 0 bridgehead atoms. The van der Waals surface area contributed by atoms with Gasteiger partial charge in [-0.1, -0.05) is 18.6 Å². The first-order valence-electron chi connectivity index (χ1n) is 8.21. The van der Waals surface area contributed by atoms with Gasteiger partial charge in [-0.05, 0) is 49.6 Å². The van der Waals surface area contributed by atoms with Gasteiger partial charge in [0, 0.05) is 30.3 Å². The van der Waals surface area contributed by atoms with E-state index in [1.807, 2.05) is 0 Å². The predicted molar refractivity (Wildman–Crippen MR) is 97.5 cm³/mol. The number of amides is 2. The fourth-order valence-electron chi connectivity index (χ4n) is 2.75. The third kappa shape index (κ3) is 4.82. The summed E-state index contributed by atoms with van der Waals surface area (Å²) in [6.07, 6.45) is 4.07. The van der Waals surface area contributed by atoms with Crippen LogP contribution >= 0.6 is 12.4 Å². The molecule has 1 aromatic carbocycles. The van der Waals surface area contributed by atoms with Crippen molar-refractivity contribution in [3.8, 4) is 0 Å². The molecule has 130 valence electrons. The van der Waals surface area contributed by atoms with Crippen LogP contribution in [0.3, 0.4) is 0 Å². The lowest BCUT2D eigenvalue weighted by Gasteiger charge is -2.14. The van der Waals surface area contributed by atoms with E-state index in [4.69, 9.17) is 0 Å². The van der Waals surface area contributed by atoms with Crippen LogP contribution in [0.15, 0.2) is 35.9 Å². The number of benzene rings is 1. The molecule has 2 amide bonds. The molecule has 0 saturated heterocycles. The zero-order valence-electron chi connectivity index (χ0n) is 13.8. The van der Waals surface area contributed by atoms with Crippen LogP contribution in [0.1, 0.15) is 30.1 Å². The zero-order valence-corrected chi connectivity index (χ0v) is 14.6. The highest BCUT2D eigenvalue weighted by atomic mass is 35.5. The smallest absolute Gasteiger partial charge is 0.251 e. The van der Waals surface area contributed by atoms with Crippen LogP contribution in [0.5, 0.6) is 0 Å². The molecule has 2 unspecified atom stereocenters. The Labute approximate surface area is 148 Å². The van der Waals surface area contributed by atoms with E-state index in [0.29, 0.717) is 18.0 Å². The first kappa shape index (κ1) is 18.5. The topological polar surface area (TPSA) is 70.2 Å². The third-order valence-corrected chi connectivity index (χ3v) is 4.49. The van der Waals surface area contributed by atoms with Crippen molar-refractivity contribution in [1.29, 1.82) is 0 Å². The highest BCUT2D eigenvalue weighted by Gasteiger charge is 2.39. The lowest BCUT2D eigenvalue weighted by molar-refractivity contribution is -0.117. The molecule has 0 radical (unpaired) electrons. The Hall–Kier alpha value is -1.85. The summed E-state index contributed by atoms with van der Waals surface area (Å²) in [6.45, 7) is 4.52. The summed E-state index contributed by atoms with van der Waals surface area (Å²) in [4.78, 5) is 24.0. The minimum Gasteiger partial charge on any atom is -0.348 e. The molecule has 1 saturated carbocycles. The molecule has 24 heavy (non-hydrogen) atoms. The summed E-state index contributed by atoms with van der Waals surface area (Å²) in [6, 6.07) is 7.06. The summed E-state index contributed by atoms with van der Waals surface area (Å²) in [7, 11) is 0. The Morgan fingerprint density at radius 1 is 1.25 bits per heavy atom. The molecule has 2 aliphatic rings. The lowest BCUT2D eigenvalue weighted by atomic mass is 10.1. The number of hydrogen-bond donors (Lipinski definition) is 3. The number of anilines is 1. The molecular formula is C18H24ClN3O2. The average Bonchev–Trinajstić information content (AvgIpc) is 3.31. The fraction of sp³-hybridized carbons (Fsp3) is 0.444. The molecule has 1 aliphatic heterocycles. The second-order valence-electron chi connectivity index (χ2n) is 6.39. The van der Waals surface area contributed by atoms with Gasteiger partial charge in [0.15, 0.2) is 0 Å². The van der Waals surface area contributed by atoms with Gasteiger partial charge in [0.1, 0.15) is 0 Å². The Morgan fingerprint density at radius 3 is 2.54 bits per heavy atom. The molecule has 0 aromatic heterocycles. The predicted octanol–water partition coefficient (Wildman–Crippen LogP) is 2.35. The van der Waals surface area contributed by atoms with Gasteiger partial charge < -0.3 is 16.0 Å². The van der Waals surface area contributed by atoms with Gasteiger partial charge in [-0.25, -0.2) is 0 Å². The minimum atomic E-state index is -0.0851. The van der Waals surface area contributed by atoms with Crippen LogP contribution in [-0.2, 0) is 4.79 Å². The van der Waals surface area contributed by atoms with Crippen LogP contribution < -0.4 is 16.0 Å². The maximum absolute atomic E-state index is 12.1. The van der Waals surface area contributed by atoms with Crippen molar-refractivity contribution >= 4 is 29.9 Å². The van der Waals surface area contributed by atoms with E-state index in [1.54, 1.807) is 24.3 Å². The first-order valence-corrected chi connectivity index (χ1v) is 8.21. The number of nitrogens with one attached hydrogen (secondary N) is 3. The molecule has 5 nitrogen and oxygen atoms in total. The standard InChI is InChI=1S/C18H23N3O2.ClH/c1-12-10-16(12)18(23)21-15-4-2-14(3-5-15)17(22)20-11-13-6-8-19-9-7-13;/h2-6,12,16,19H,7-11H2,1H3,(H,20,22)(H,21,23);1H. The van der Waals surface area contributed by atoms with Crippen LogP contribution in [0.2, 0.25) is 0 Å². The summed E-state index contributed by atoms with van der Waals surface area (Å²) in [5.74, 6) is 0.631. The summed E-state index contributed by atoms with van der Waals surface area (Å²) in [5.41, 5.74) is 2.61. The van der Waals surface area contributed by atoms with Gasteiger partial charge in [-0.3, -0.25) is 9.59 Å². The quantitative estimate of drug-likeness (QED) is 0.715. The van der Waals surface area contributed by atoms with E-state index in [2.05, 4.69) is 29.0 Å². The molecule has 3 rings (SSSR count). The molecule has 1 fully saturated rings. The maximum atomic E-state index is 12.1. The Balaban J connectivity index is 0.00000208. The molecular weight excluding hydrogens is 326 g/mol. The van der Waals surface area contributed by atoms with Gasteiger partial charge >= 0.3 is 0 Å². The van der Waals surface area contributed by atoms with Gasteiger partial charge in [0.2, 0.25) is 5.91 Å². The number of carbonyl (C=O) groups excluding carboxylic acids is 2. The molecule has 3 N–H and O–H groups in total. The van der Waals surface area contributed by atoms with Crippen molar-refractivity contribution in [2.75, 3.05) is 25.0 Å². The SMILES string of the molecule is CC1CC1C(=O)Nc1ccc(C(=O)NCC2=CCNCC2)cc1.Cl. The van der Waals surface area contributed by atoms with Gasteiger partial charge in [0.25, 0.3) is 5.91 Å². The van der Waals surface area contributed by atoms with E-state index in [1.165, 1.54) is 5.57 Å². The van der Waals surface area contributed by atoms with Gasteiger partial charge in [0.05, 0.1) is 0 Å². The van der Waals surface area contributed by atoms with Gasteiger partial charge in [-0.2, -0.15) is 0 Å². The van der Waals surface area contributed by atoms with Gasteiger partial charge in [-0.15, -0.1) is 12.4 Å². The van der Waals surface area contributed by atoms with E-state index in [-0.39, 0.29) is 30.1 Å². The number of carbonyl (C=O) groups is 2. The van der Waals surface area contributed by atoms with E-state index in [0.717, 1.165) is 31.6 Å². The molecule has 2 atom stereocenters. The first-order chi connectivity index (χ1) is 11.1. The molecule has 1 aliphatic carbocycles. The Bertz CT molecular complexity index is 628. The van der Waals surface area contributed by atoms with Crippen molar-refractivity contribution in [2.45, 2.75) is 19.8 Å². The Kier molecular flexibility index (Phi) is 6.40. The van der Waals surface area contributed by atoms with Crippen LogP contribution in [0.4, 0.5) is 5.69 Å². The van der Waals surface area contributed by atoms with E-state index >= 15 is 0 Å². The molecule has 1 aromatic rings. The largest absolute Gasteiger partial charge is 0.348 e. The summed E-state index contributed by atoms with van der Waals surface area (Å²) < 4.78 is 0. The second kappa shape index (κ2) is 8.31. The average molecular weight is 350 g/mol. The maximum Gasteiger partial charge on any atom is 0.251 e.